The number of rotatable bonds is 6. The summed E-state index contributed by atoms with van der Waals surface area (Å²) in [4.78, 5) is 13.0. The van der Waals surface area contributed by atoms with Gasteiger partial charge in [0.15, 0.2) is 93.1 Å². The first-order valence-corrected chi connectivity index (χ1v) is 21.2. The quantitative estimate of drug-likeness (QED) is 0.0986. The molecule has 382 valence electrons. The molecular formula is C50H16F18N8. The molecule has 0 spiro atoms. The fraction of sp³-hybridized carbons (Fsp3) is 0. The van der Waals surface area contributed by atoms with E-state index in [1.165, 1.54) is 0 Å². The van der Waals surface area contributed by atoms with E-state index in [1.54, 1.807) is 0 Å². The van der Waals surface area contributed by atoms with Gasteiger partial charge in [-0.1, -0.05) is 0 Å². The molecule has 4 aromatic carbocycles. The van der Waals surface area contributed by atoms with Crippen LogP contribution in [0, 0.1) is 105 Å². The van der Waals surface area contributed by atoms with E-state index in [4.69, 9.17) is 0 Å². The van der Waals surface area contributed by atoms with E-state index >= 15 is 70.2 Å². The maximum absolute atomic E-state index is 16.7. The van der Waals surface area contributed by atoms with Crippen LogP contribution in [0.5, 0.6) is 0 Å². The number of benzene rings is 4. The van der Waals surface area contributed by atoms with Crippen molar-refractivity contribution in [3.63, 3.8) is 0 Å². The van der Waals surface area contributed by atoms with E-state index < -0.39 is 205 Å². The van der Waals surface area contributed by atoms with Gasteiger partial charge in [0.1, 0.15) is 11.4 Å². The van der Waals surface area contributed by atoms with Crippen LogP contribution in [0.2, 0.25) is 0 Å². The van der Waals surface area contributed by atoms with Gasteiger partial charge in [-0.3, -0.25) is 0 Å². The van der Waals surface area contributed by atoms with Crippen LogP contribution in [0.1, 0.15) is 22.8 Å². The largest absolute Gasteiger partial charge is 0.354 e. The summed E-state index contributed by atoms with van der Waals surface area (Å²) in [5.74, 6) is -43.3. The molecule has 2 aliphatic heterocycles. The third-order valence-corrected chi connectivity index (χ3v) is 12.1. The van der Waals surface area contributed by atoms with Gasteiger partial charge in [0, 0.05) is 69.1 Å². The van der Waals surface area contributed by atoms with Gasteiger partial charge < -0.3 is 9.97 Å². The summed E-state index contributed by atoms with van der Waals surface area (Å²) < 4.78 is 286. The number of H-pyrrole nitrogens is 2. The predicted octanol–water partition coefficient (Wildman–Crippen LogP) is 14.2. The van der Waals surface area contributed by atoms with E-state index in [0.717, 1.165) is 73.3 Å². The number of fused-ring (bicyclic) bond motifs is 8. The maximum Gasteiger partial charge on any atom is 0.200 e. The highest BCUT2D eigenvalue weighted by Gasteiger charge is 2.36. The molecule has 0 amide bonds. The molecule has 0 radical (unpaired) electrons. The standard InChI is InChI=1S/C50H16F18N8/c51-31-27(32(52)40(60)43(63)39(31)59)23-15-3-4-16(71-15)24(28-33(53)41(61)44(64)42(62)34(28)54)18-6-8-20(73-18)26(30-37(57)47(67)50(48(68)38(30)58)76-14-2-12-70-76)22-10-9-21(74-22)25(19-7-5-17(23)72-19)29-35(55)45(65)49(46(66)36(29)56)75-13-1-11-69-75/h1-14,72-73H. The molecule has 9 aromatic rings. The highest BCUT2D eigenvalue weighted by molar-refractivity contribution is 6.00. The van der Waals surface area contributed by atoms with Crippen LogP contribution in [-0.2, 0) is 0 Å². The van der Waals surface area contributed by atoms with E-state index in [2.05, 4.69) is 30.1 Å². The van der Waals surface area contributed by atoms with Crippen LogP contribution < -0.4 is 0 Å². The van der Waals surface area contributed by atoms with Crippen molar-refractivity contribution in [3.8, 4) is 55.9 Å². The van der Waals surface area contributed by atoms with Crippen molar-refractivity contribution in [2.24, 2.45) is 0 Å². The first kappa shape index (κ1) is 48.9. The minimum Gasteiger partial charge on any atom is -0.354 e. The topological polar surface area (TPSA) is 93.0 Å². The van der Waals surface area contributed by atoms with Crippen molar-refractivity contribution in [1.29, 1.82) is 0 Å². The molecule has 0 atom stereocenters. The Balaban J connectivity index is 1.38. The molecule has 2 aliphatic rings. The van der Waals surface area contributed by atoms with Gasteiger partial charge in [0.2, 0.25) is 11.6 Å². The van der Waals surface area contributed by atoms with Crippen molar-refractivity contribution in [3.05, 3.63) is 189 Å². The molecular weight excluding hydrogens is 1050 g/mol. The van der Waals surface area contributed by atoms with Crippen molar-refractivity contribution < 1.29 is 79.0 Å². The van der Waals surface area contributed by atoms with E-state index in [0.29, 0.717) is 21.5 Å². The minimum atomic E-state index is -2.68. The lowest BCUT2D eigenvalue weighted by atomic mass is 10.0. The van der Waals surface area contributed by atoms with Gasteiger partial charge in [-0.15, -0.1) is 0 Å². The van der Waals surface area contributed by atoms with Gasteiger partial charge >= 0.3 is 0 Å². The summed E-state index contributed by atoms with van der Waals surface area (Å²) >= 11 is 0. The Hall–Kier alpha value is -9.36. The fourth-order valence-corrected chi connectivity index (χ4v) is 8.79. The van der Waals surface area contributed by atoms with Gasteiger partial charge in [0.25, 0.3) is 0 Å². The molecule has 11 rings (SSSR count). The van der Waals surface area contributed by atoms with Gasteiger partial charge in [-0.2, -0.15) is 10.2 Å². The molecule has 2 N–H and O–H groups in total. The monoisotopic (exact) mass is 1070 g/mol. The molecule has 76 heavy (non-hydrogen) atoms. The Morgan fingerprint density at radius 3 is 0.724 bits per heavy atom. The van der Waals surface area contributed by atoms with Crippen molar-refractivity contribution in [2.45, 2.75) is 0 Å². The second kappa shape index (κ2) is 17.7. The molecule has 0 saturated carbocycles. The first-order chi connectivity index (χ1) is 36.2. The summed E-state index contributed by atoms with van der Waals surface area (Å²) in [6.45, 7) is 0. The average molecular weight is 1070 g/mol. The molecule has 5 aromatic heterocycles. The van der Waals surface area contributed by atoms with Crippen LogP contribution in [0.4, 0.5) is 79.0 Å². The van der Waals surface area contributed by atoms with Crippen LogP contribution in [-0.4, -0.2) is 39.5 Å². The zero-order chi connectivity index (χ0) is 54.1. The molecule has 8 bridgehead atoms. The van der Waals surface area contributed by atoms with Crippen LogP contribution >= 0.6 is 0 Å². The molecule has 0 saturated heterocycles. The zero-order valence-corrected chi connectivity index (χ0v) is 36.6. The number of aromatic amines is 2. The number of halogens is 18. The van der Waals surface area contributed by atoms with E-state index in [1.807, 2.05) is 0 Å². The number of nitrogens with one attached hydrogen (secondary N) is 2. The van der Waals surface area contributed by atoms with E-state index in [9.17, 15) is 8.78 Å². The van der Waals surface area contributed by atoms with Crippen LogP contribution in [0.15, 0.2) is 61.2 Å². The summed E-state index contributed by atoms with van der Waals surface area (Å²) in [7, 11) is 0. The number of aromatic nitrogens is 8. The predicted molar refractivity (Wildman–Crippen MR) is 234 cm³/mol. The molecule has 7 heterocycles. The maximum atomic E-state index is 16.7. The highest BCUT2D eigenvalue weighted by atomic mass is 19.2. The second-order valence-electron chi connectivity index (χ2n) is 16.3. The van der Waals surface area contributed by atoms with Crippen LogP contribution in [0.25, 0.3) is 102 Å². The van der Waals surface area contributed by atoms with Crippen molar-refractivity contribution in [2.75, 3.05) is 0 Å². The number of nitrogens with zero attached hydrogens (tertiary/aromatic N) is 6. The molecule has 0 unspecified atom stereocenters. The Morgan fingerprint density at radius 2 is 0.500 bits per heavy atom. The third kappa shape index (κ3) is 7.05. The van der Waals surface area contributed by atoms with Gasteiger partial charge in [0.05, 0.1) is 45.0 Å². The zero-order valence-electron chi connectivity index (χ0n) is 36.6. The lowest BCUT2D eigenvalue weighted by Gasteiger charge is -2.14. The Morgan fingerprint density at radius 1 is 0.276 bits per heavy atom. The number of hydrogen-bond acceptors (Lipinski definition) is 4. The molecule has 26 heteroatoms. The summed E-state index contributed by atoms with van der Waals surface area (Å²) in [5, 5.41) is 7.16. The minimum absolute atomic E-state index is 0.391. The second-order valence-corrected chi connectivity index (χ2v) is 16.3. The SMILES string of the molecule is Fc1c(F)c(F)c(-c2c3nc(c(-c4c(F)c(F)c(F)c(F)c4F)c4ccc([nH]4)c(-c4c(F)c(F)c(-n5cccn5)c(F)c4F)c4nc(c(-c5c(F)c(F)c(-n6cccn6)c(F)c5F)c5ccc2[nH]5)C=C4)C=C3)c(F)c1F. The lowest BCUT2D eigenvalue weighted by molar-refractivity contribution is 0.381. The average Bonchev–Trinajstić information content (AvgIpc) is 4.27. The Kier molecular flexibility index (Phi) is 11.4. The summed E-state index contributed by atoms with van der Waals surface area (Å²) in [6, 6.07) is 5.17. The van der Waals surface area contributed by atoms with Gasteiger partial charge in [-0.05, 0) is 60.7 Å². The normalized spacial score (nSPS) is 12.2. The van der Waals surface area contributed by atoms with Crippen LogP contribution in [0.3, 0.4) is 0 Å². The Labute approximate surface area is 408 Å². The van der Waals surface area contributed by atoms with E-state index in [-0.39, 0.29) is 0 Å². The number of hydrogen-bond donors (Lipinski definition) is 2. The lowest BCUT2D eigenvalue weighted by Crippen LogP contribution is -2.10. The fourth-order valence-electron chi connectivity index (χ4n) is 8.79. The molecule has 0 aliphatic carbocycles. The molecule has 0 fully saturated rings. The van der Waals surface area contributed by atoms with Crippen molar-refractivity contribution in [1.82, 2.24) is 39.5 Å². The smallest absolute Gasteiger partial charge is 0.200 e. The Bertz CT molecular complexity index is 3890. The first-order valence-electron chi connectivity index (χ1n) is 21.2. The summed E-state index contributed by atoms with van der Waals surface area (Å²) in [6.07, 6.45) is 6.56. The van der Waals surface area contributed by atoms with Crippen molar-refractivity contribution >= 4 is 46.4 Å². The summed E-state index contributed by atoms with van der Waals surface area (Å²) in [5.41, 5.74) is -21.5. The van der Waals surface area contributed by atoms with Gasteiger partial charge in [-0.25, -0.2) is 98.4 Å². The third-order valence-electron chi connectivity index (χ3n) is 12.1. The highest BCUT2D eigenvalue weighted by Crippen LogP contribution is 2.45. The molecule has 8 nitrogen and oxygen atoms in total.